The maximum atomic E-state index is 13.8. The third kappa shape index (κ3) is 9.00. The van der Waals surface area contributed by atoms with Gasteiger partial charge in [0.15, 0.2) is 0 Å². The topological polar surface area (TPSA) is 13.0 Å². The van der Waals surface area contributed by atoms with Gasteiger partial charge in [0.1, 0.15) is 11.6 Å². The molecule has 9 heteroatoms. The van der Waals surface area contributed by atoms with Gasteiger partial charge in [-0.2, -0.15) is 13.2 Å². The molecule has 2 fully saturated rings. The second-order valence-corrected chi connectivity index (χ2v) is 12.4. The molecule has 1 atom stereocenters. The van der Waals surface area contributed by atoms with Crippen LogP contribution in [0.3, 0.4) is 0 Å². The Morgan fingerprint density at radius 1 is 0.667 bits per heavy atom. The van der Waals surface area contributed by atoms with Crippen molar-refractivity contribution in [3.63, 3.8) is 0 Å². The summed E-state index contributed by atoms with van der Waals surface area (Å²) < 4.78 is 66.8. The van der Waals surface area contributed by atoms with Crippen LogP contribution >= 0.6 is 0 Å². The first-order valence-corrected chi connectivity index (χ1v) is 15.9. The fraction of sp³-hybridized carbons (Fsp3) is 0.444. The molecule has 2 saturated heterocycles. The van der Waals surface area contributed by atoms with Gasteiger partial charge in [-0.05, 0) is 78.9 Å². The monoisotopic (exact) mass is 626 g/mol. The van der Waals surface area contributed by atoms with Crippen LogP contribution in [0.25, 0.3) is 5.57 Å². The molecule has 0 aromatic heterocycles. The van der Waals surface area contributed by atoms with E-state index in [1.54, 1.807) is 24.3 Å². The van der Waals surface area contributed by atoms with E-state index in [2.05, 4.69) is 33.4 Å². The van der Waals surface area contributed by atoms with Crippen LogP contribution in [0.1, 0.15) is 48.6 Å². The molecule has 3 aromatic rings. The van der Waals surface area contributed by atoms with E-state index in [4.69, 9.17) is 0 Å². The molecule has 0 saturated carbocycles. The van der Waals surface area contributed by atoms with Crippen LogP contribution in [-0.2, 0) is 6.18 Å². The van der Waals surface area contributed by atoms with Gasteiger partial charge in [0.05, 0.1) is 5.56 Å². The minimum Gasteiger partial charge on any atom is -0.300 e. The van der Waals surface area contributed by atoms with Crippen LogP contribution in [0.5, 0.6) is 0 Å². The lowest BCUT2D eigenvalue weighted by Crippen LogP contribution is -2.53. The molecule has 0 spiro atoms. The van der Waals surface area contributed by atoms with E-state index in [0.717, 1.165) is 94.3 Å². The number of hydrogen-bond donors (Lipinski definition) is 0. The van der Waals surface area contributed by atoms with Crippen LogP contribution in [0, 0.1) is 11.6 Å². The van der Waals surface area contributed by atoms with Gasteiger partial charge in [0.25, 0.3) is 0 Å². The molecule has 0 aliphatic carbocycles. The molecule has 0 radical (unpaired) electrons. The number of hydrogen-bond acceptors (Lipinski definition) is 4. The Hall–Kier alpha value is -3.11. The van der Waals surface area contributed by atoms with Crippen LogP contribution in [0.2, 0.25) is 0 Å². The van der Waals surface area contributed by atoms with Gasteiger partial charge in [-0.3, -0.25) is 14.7 Å². The van der Waals surface area contributed by atoms with Crippen molar-refractivity contribution >= 4 is 5.57 Å². The summed E-state index contributed by atoms with van der Waals surface area (Å²) in [5.74, 6) is -0.575. The maximum absolute atomic E-state index is 13.8. The zero-order chi connectivity index (χ0) is 32.0. The molecular weight excluding hydrogens is 583 g/mol. The normalized spacial score (nSPS) is 18.9. The summed E-state index contributed by atoms with van der Waals surface area (Å²) in [6.45, 7) is 13.9. The number of halogens is 5. The van der Waals surface area contributed by atoms with Crippen molar-refractivity contribution in [2.24, 2.45) is 0 Å². The minimum absolute atomic E-state index is 0.205. The molecule has 5 rings (SSSR count). The van der Waals surface area contributed by atoms with Crippen molar-refractivity contribution in [2.75, 3.05) is 65.4 Å². The van der Waals surface area contributed by atoms with Crippen molar-refractivity contribution < 1.29 is 22.0 Å². The minimum atomic E-state index is -4.40. The SMILES string of the molecule is CC(C)N1CCN(C(CN2CCN(CC/C=C(/c3ccc(F)cc3)c3ccc(C(F)(F)F)cc3)CC2)c2ccc(F)cc2)CC1. The van der Waals surface area contributed by atoms with Crippen LogP contribution in [-0.4, -0.2) is 91.1 Å². The van der Waals surface area contributed by atoms with Crippen molar-refractivity contribution in [3.05, 3.63) is 113 Å². The summed E-state index contributed by atoms with van der Waals surface area (Å²) >= 11 is 0. The predicted molar refractivity (Wildman–Crippen MR) is 170 cm³/mol. The highest BCUT2D eigenvalue weighted by atomic mass is 19.4. The third-order valence-corrected chi connectivity index (χ3v) is 9.14. The highest BCUT2D eigenvalue weighted by Gasteiger charge is 2.31. The predicted octanol–water partition coefficient (Wildman–Crippen LogP) is 7.19. The maximum Gasteiger partial charge on any atom is 0.416 e. The number of alkyl halides is 3. The molecule has 4 nitrogen and oxygen atoms in total. The number of benzene rings is 3. The van der Waals surface area contributed by atoms with Crippen LogP contribution in [0.15, 0.2) is 78.9 Å². The largest absolute Gasteiger partial charge is 0.416 e. The quantitative estimate of drug-likeness (QED) is 0.221. The van der Waals surface area contributed by atoms with E-state index in [0.29, 0.717) is 18.0 Å². The molecule has 0 bridgehead atoms. The van der Waals surface area contributed by atoms with E-state index in [1.807, 2.05) is 18.2 Å². The highest BCUT2D eigenvalue weighted by Crippen LogP contribution is 2.32. The molecule has 0 N–H and O–H groups in total. The average Bonchev–Trinajstić information content (AvgIpc) is 3.03. The Labute approximate surface area is 263 Å². The fourth-order valence-electron chi connectivity index (χ4n) is 6.38. The standard InChI is InChI=1S/C36H43F5N4/c1-27(2)44-22-24-45(25-23-44)35(30-9-15-33(38)16-10-30)26-43-20-18-42(19-21-43)17-3-4-34(29-7-13-32(37)14-8-29)28-5-11-31(12-6-28)36(39,40)41/h4-16,27,35H,3,17-26H2,1-2H3/b34-4+. The van der Waals surface area contributed by atoms with E-state index in [1.165, 1.54) is 24.3 Å². The fourth-order valence-corrected chi connectivity index (χ4v) is 6.38. The van der Waals surface area contributed by atoms with Gasteiger partial charge in [-0.25, -0.2) is 8.78 Å². The summed E-state index contributed by atoms with van der Waals surface area (Å²) in [7, 11) is 0. The van der Waals surface area contributed by atoms with Gasteiger partial charge in [-0.1, -0.05) is 42.5 Å². The Kier molecular flexibility index (Phi) is 11.1. The third-order valence-electron chi connectivity index (χ3n) is 9.14. The smallest absolute Gasteiger partial charge is 0.300 e. The van der Waals surface area contributed by atoms with Gasteiger partial charge in [-0.15, -0.1) is 0 Å². The summed E-state index contributed by atoms with van der Waals surface area (Å²) in [5, 5.41) is 0. The number of nitrogens with zero attached hydrogens (tertiary/aromatic N) is 4. The first-order chi connectivity index (χ1) is 21.6. The second kappa shape index (κ2) is 15.0. The van der Waals surface area contributed by atoms with Gasteiger partial charge in [0.2, 0.25) is 0 Å². The lowest BCUT2D eigenvalue weighted by Gasteiger charge is -2.43. The van der Waals surface area contributed by atoms with Crippen LogP contribution in [0.4, 0.5) is 22.0 Å². The van der Waals surface area contributed by atoms with Crippen molar-refractivity contribution in [2.45, 2.75) is 38.5 Å². The molecule has 45 heavy (non-hydrogen) atoms. The lowest BCUT2D eigenvalue weighted by atomic mass is 9.96. The Balaban J connectivity index is 1.20. The number of piperazine rings is 2. The Morgan fingerprint density at radius 2 is 1.16 bits per heavy atom. The summed E-state index contributed by atoms with van der Waals surface area (Å²) in [5.41, 5.74) is 2.69. The second-order valence-electron chi connectivity index (χ2n) is 12.4. The summed E-state index contributed by atoms with van der Waals surface area (Å²) in [6, 6.07) is 18.9. The Bertz CT molecular complexity index is 1370. The van der Waals surface area contributed by atoms with E-state index >= 15 is 0 Å². The Morgan fingerprint density at radius 3 is 1.69 bits per heavy atom. The molecule has 2 heterocycles. The van der Waals surface area contributed by atoms with Gasteiger partial charge in [0, 0.05) is 77.5 Å². The zero-order valence-electron chi connectivity index (χ0n) is 26.1. The lowest BCUT2D eigenvalue weighted by molar-refractivity contribution is -0.137. The molecular formula is C36H43F5N4. The van der Waals surface area contributed by atoms with Gasteiger partial charge < -0.3 is 4.90 Å². The summed E-state index contributed by atoms with van der Waals surface area (Å²) in [4.78, 5) is 9.96. The molecule has 1 unspecified atom stereocenters. The first-order valence-electron chi connectivity index (χ1n) is 15.9. The first kappa shape index (κ1) is 33.3. The highest BCUT2D eigenvalue weighted by molar-refractivity contribution is 5.79. The van der Waals surface area contributed by atoms with Crippen molar-refractivity contribution in [1.29, 1.82) is 0 Å². The average molecular weight is 627 g/mol. The van der Waals surface area contributed by atoms with E-state index in [9.17, 15) is 22.0 Å². The van der Waals surface area contributed by atoms with Crippen molar-refractivity contribution in [1.82, 2.24) is 19.6 Å². The number of rotatable bonds is 10. The molecule has 0 amide bonds. The van der Waals surface area contributed by atoms with Crippen molar-refractivity contribution in [3.8, 4) is 0 Å². The van der Waals surface area contributed by atoms with E-state index in [-0.39, 0.29) is 17.7 Å². The molecule has 2 aliphatic heterocycles. The zero-order valence-corrected chi connectivity index (χ0v) is 26.1. The summed E-state index contributed by atoms with van der Waals surface area (Å²) in [6.07, 6.45) is -1.64. The van der Waals surface area contributed by atoms with Gasteiger partial charge >= 0.3 is 6.18 Å². The van der Waals surface area contributed by atoms with E-state index < -0.39 is 11.7 Å². The van der Waals surface area contributed by atoms with Crippen LogP contribution < -0.4 is 0 Å². The molecule has 242 valence electrons. The molecule has 3 aromatic carbocycles. The molecule has 2 aliphatic rings.